The first-order valence-electron chi connectivity index (χ1n) is 24.3. The molecule has 23 nitrogen and oxygen atoms in total. The number of aromatic amines is 2. The fourth-order valence-electron chi connectivity index (χ4n) is 9.46. The van der Waals surface area contributed by atoms with Crippen molar-refractivity contribution in [3.05, 3.63) is 84.1 Å². The molecule has 384 valence electrons. The molecule has 10 N–H and O–H groups in total. The molecule has 7 rings (SSSR count). The third-order valence-electron chi connectivity index (χ3n) is 13.3. The zero-order valence-corrected chi connectivity index (χ0v) is 40.9. The molecule has 3 fully saturated rings. The molecule has 3 aromatic heterocycles. The predicted molar refractivity (Wildman–Crippen MR) is 260 cm³/mol. The quantitative estimate of drug-likeness (QED) is 0.0846. The van der Waals surface area contributed by atoms with Gasteiger partial charge in [-0.1, -0.05) is 29.8 Å². The second-order valence-corrected chi connectivity index (χ2v) is 19.0. The Morgan fingerprint density at radius 3 is 1.72 bits per heavy atom. The summed E-state index contributed by atoms with van der Waals surface area (Å²) in [5, 5.41) is 17.3. The highest BCUT2D eigenvalue weighted by Crippen LogP contribution is 2.25. The average Bonchev–Trinajstić information content (AvgIpc) is 4.22. The first kappa shape index (κ1) is 52.0. The van der Waals surface area contributed by atoms with Crippen LogP contribution in [0.2, 0.25) is 0 Å². The SMILES string of the molecule is CC(C)=CCn1cc(C[C@@H]2NC(=O)[C@@H]3CCCN3C(=O)[C@H](CCC(N)=O)NC(=O)[C@H](Cc3cnc[nH]3)NC(=O)[C@@H]3CCCN3C(=O)[C@H](C)NC(=O)[C@H](C)NC(=O)[C@H](Cc3cnc[nH]3)NC2=O)c2ccccc21. The van der Waals surface area contributed by atoms with Crippen LogP contribution >= 0.6 is 0 Å². The van der Waals surface area contributed by atoms with Gasteiger partial charge in [0.15, 0.2) is 0 Å². The fraction of sp³-hybridized carbons (Fsp3) is 0.490. The molecule has 3 saturated heterocycles. The predicted octanol–water partition coefficient (Wildman–Crippen LogP) is -0.709. The molecular formula is C49H64N14O9. The fourth-order valence-corrected chi connectivity index (χ4v) is 9.46. The van der Waals surface area contributed by atoms with Crippen molar-refractivity contribution in [3.8, 4) is 0 Å². The third kappa shape index (κ3) is 12.7. The summed E-state index contributed by atoms with van der Waals surface area (Å²) in [4.78, 5) is 143. The molecule has 6 heterocycles. The molecule has 4 aromatic rings. The Hall–Kier alpha value is -7.85. The van der Waals surface area contributed by atoms with E-state index in [0.29, 0.717) is 36.3 Å². The first-order chi connectivity index (χ1) is 34.5. The third-order valence-corrected chi connectivity index (χ3v) is 13.3. The summed E-state index contributed by atoms with van der Waals surface area (Å²) in [6.45, 7) is 7.62. The van der Waals surface area contributed by atoms with E-state index in [-0.39, 0.29) is 58.0 Å². The molecule has 0 saturated carbocycles. The number of allylic oxidation sites excluding steroid dienone is 2. The topological polar surface area (TPSA) is 321 Å². The number of hydrogen-bond acceptors (Lipinski definition) is 11. The van der Waals surface area contributed by atoms with E-state index >= 15 is 0 Å². The summed E-state index contributed by atoms with van der Waals surface area (Å²) in [5.41, 5.74) is 9.16. The number of nitrogens with zero attached hydrogens (tertiary/aromatic N) is 5. The van der Waals surface area contributed by atoms with Gasteiger partial charge in [0, 0.05) is 86.2 Å². The summed E-state index contributed by atoms with van der Waals surface area (Å²) in [7, 11) is 0. The lowest BCUT2D eigenvalue weighted by atomic mass is 10.0. The summed E-state index contributed by atoms with van der Waals surface area (Å²) in [6.07, 6.45) is 10.1. The van der Waals surface area contributed by atoms with E-state index in [1.54, 1.807) is 0 Å². The molecule has 0 aliphatic carbocycles. The van der Waals surface area contributed by atoms with Gasteiger partial charge < -0.3 is 62.0 Å². The molecule has 8 atom stereocenters. The van der Waals surface area contributed by atoms with Crippen LogP contribution in [-0.4, -0.2) is 149 Å². The molecule has 0 spiro atoms. The van der Waals surface area contributed by atoms with Crippen molar-refractivity contribution >= 4 is 64.1 Å². The van der Waals surface area contributed by atoms with Crippen LogP contribution in [0.25, 0.3) is 10.9 Å². The number of nitrogens with two attached hydrogens (primary N) is 1. The van der Waals surface area contributed by atoms with Crippen molar-refractivity contribution < 1.29 is 43.2 Å². The lowest BCUT2D eigenvalue weighted by Crippen LogP contribution is -2.61. The number of para-hydroxylation sites is 1. The van der Waals surface area contributed by atoms with E-state index in [0.717, 1.165) is 16.5 Å². The molecule has 72 heavy (non-hydrogen) atoms. The smallest absolute Gasteiger partial charge is 0.245 e. The zero-order chi connectivity index (χ0) is 51.6. The monoisotopic (exact) mass is 992 g/mol. The van der Waals surface area contributed by atoms with Crippen LogP contribution in [-0.2, 0) is 69.0 Å². The molecule has 3 aliphatic heterocycles. The molecule has 0 bridgehead atoms. The van der Waals surface area contributed by atoms with Crippen LogP contribution in [0.3, 0.4) is 0 Å². The normalized spacial score (nSPS) is 25.3. The van der Waals surface area contributed by atoms with Gasteiger partial charge in [-0.2, -0.15) is 0 Å². The number of primary amides is 1. The van der Waals surface area contributed by atoms with Crippen LogP contribution in [0, 0.1) is 0 Å². The number of fused-ring (bicyclic) bond motifs is 3. The van der Waals surface area contributed by atoms with Crippen molar-refractivity contribution in [2.45, 2.75) is 140 Å². The number of amides is 9. The largest absolute Gasteiger partial charge is 0.370 e. The van der Waals surface area contributed by atoms with Gasteiger partial charge >= 0.3 is 0 Å². The summed E-state index contributed by atoms with van der Waals surface area (Å²) in [5.74, 6) is -6.40. The maximum absolute atomic E-state index is 14.8. The van der Waals surface area contributed by atoms with Crippen molar-refractivity contribution in [1.29, 1.82) is 0 Å². The Morgan fingerprint density at radius 2 is 1.17 bits per heavy atom. The van der Waals surface area contributed by atoms with Gasteiger partial charge in [-0.25, -0.2) is 9.97 Å². The summed E-state index contributed by atoms with van der Waals surface area (Å²) < 4.78 is 2.03. The van der Waals surface area contributed by atoms with Gasteiger partial charge in [0.05, 0.1) is 12.7 Å². The van der Waals surface area contributed by atoms with Crippen molar-refractivity contribution in [2.24, 2.45) is 5.73 Å². The minimum Gasteiger partial charge on any atom is -0.370 e. The Balaban J connectivity index is 1.26. The number of benzene rings is 1. The maximum Gasteiger partial charge on any atom is 0.245 e. The standard InChI is InChI=1S/C49H64N14O9/c1-27(2)15-18-61-24-30(33-9-5-6-10-38(33)61)19-35-44(67)58-36(20-31-22-51-25-53-31)43(66)55-28(3)42(65)56-29(4)48(71)62-16-7-11-39(62)46(69)60-37(21-32-23-52-26-54-32)45(68)57-34(13-14-41(50)64)49(72)63-17-8-12-40(63)47(70)59-35/h5-6,9-10,15,22-26,28-29,34-37,39-40H,7-8,11-14,16-21H2,1-4H3,(H2,50,64)(H,51,53)(H,52,54)(H,55,66)(H,56,65)(H,57,68)(H,58,67)(H,59,70)(H,60,69)/t28-,29-,34-,35-,36-,37-,39-,40-/m0/s1. The van der Waals surface area contributed by atoms with Crippen LogP contribution < -0.4 is 37.6 Å². The van der Waals surface area contributed by atoms with Crippen LogP contribution in [0.15, 0.2) is 67.2 Å². The molecular weight excluding hydrogens is 929 g/mol. The highest BCUT2D eigenvalue weighted by atomic mass is 16.2. The number of carbonyl (C=O) groups is 9. The second kappa shape index (κ2) is 23.4. The molecule has 23 heteroatoms. The minimum atomic E-state index is -1.39. The Labute approximate surface area is 415 Å². The van der Waals surface area contributed by atoms with Gasteiger partial charge in [0.2, 0.25) is 53.2 Å². The number of rotatable bonds is 11. The number of carbonyl (C=O) groups excluding carboxylic acids is 9. The number of nitrogens with one attached hydrogen (secondary N) is 8. The highest BCUT2D eigenvalue weighted by molar-refractivity contribution is 5.99. The summed E-state index contributed by atoms with van der Waals surface area (Å²) in [6, 6.07) is -2.32. The Morgan fingerprint density at radius 1 is 0.653 bits per heavy atom. The van der Waals surface area contributed by atoms with Crippen LogP contribution in [0.5, 0.6) is 0 Å². The molecule has 9 amide bonds. The maximum atomic E-state index is 14.8. The lowest BCUT2D eigenvalue weighted by Gasteiger charge is -2.32. The van der Waals surface area contributed by atoms with E-state index in [2.05, 4.69) is 57.9 Å². The Kier molecular flexibility index (Phi) is 16.9. The average molecular weight is 993 g/mol. The highest BCUT2D eigenvalue weighted by Gasteiger charge is 2.42. The lowest BCUT2D eigenvalue weighted by molar-refractivity contribution is -0.143. The molecule has 0 radical (unpaired) electrons. The summed E-state index contributed by atoms with van der Waals surface area (Å²) >= 11 is 0. The van der Waals surface area contributed by atoms with Crippen LogP contribution in [0.4, 0.5) is 0 Å². The van der Waals surface area contributed by atoms with Gasteiger partial charge in [-0.15, -0.1) is 0 Å². The number of hydrogen-bond donors (Lipinski definition) is 9. The number of aromatic nitrogens is 5. The number of H-pyrrole nitrogens is 2. The van der Waals surface area contributed by atoms with Gasteiger partial charge in [-0.05, 0) is 71.4 Å². The number of imidazole rings is 2. The van der Waals surface area contributed by atoms with Crippen molar-refractivity contribution in [2.75, 3.05) is 13.1 Å². The van der Waals surface area contributed by atoms with E-state index in [4.69, 9.17) is 5.73 Å². The van der Waals surface area contributed by atoms with Crippen molar-refractivity contribution in [3.63, 3.8) is 0 Å². The van der Waals surface area contributed by atoms with E-state index in [1.165, 1.54) is 48.7 Å². The van der Waals surface area contributed by atoms with Crippen molar-refractivity contribution in [1.82, 2.24) is 66.2 Å². The van der Waals surface area contributed by atoms with Gasteiger partial charge in [-0.3, -0.25) is 43.2 Å². The van der Waals surface area contributed by atoms with Gasteiger partial charge in [0.25, 0.3) is 0 Å². The molecule has 0 unspecified atom stereocenters. The van der Waals surface area contributed by atoms with E-state index in [1.807, 2.05) is 48.9 Å². The molecule has 3 aliphatic rings. The molecule has 1 aromatic carbocycles. The second-order valence-electron chi connectivity index (χ2n) is 19.0. The van der Waals surface area contributed by atoms with Gasteiger partial charge in [0.1, 0.15) is 48.3 Å². The van der Waals surface area contributed by atoms with E-state index < -0.39 is 101 Å². The van der Waals surface area contributed by atoms with Crippen LogP contribution in [0.1, 0.15) is 83.2 Å². The minimum absolute atomic E-state index is 0.0533. The first-order valence-corrected chi connectivity index (χ1v) is 24.3. The van der Waals surface area contributed by atoms with E-state index in [9.17, 15) is 43.2 Å². The zero-order valence-electron chi connectivity index (χ0n) is 40.9. The Bertz CT molecular complexity index is 2680.